The summed E-state index contributed by atoms with van der Waals surface area (Å²) in [5.74, 6) is -1.47. The molecular weight excluding hydrogens is 218 g/mol. The largest absolute Gasteiger partial charge is 0.331 e. The fourth-order valence-electron chi connectivity index (χ4n) is 1.30. The number of hydrogen-bond acceptors (Lipinski definition) is 3. The molecule has 2 rings (SSSR count). The Morgan fingerprint density at radius 3 is 2.65 bits per heavy atom. The standard InChI is InChI=1S/C12H10N3O2/c16-11(12(17)15-7-6-13-9-15)14-8-10-4-2-1-3-5-10/h1-7,9H,8H2. The average molecular weight is 228 g/mol. The average Bonchev–Trinajstić information content (AvgIpc) is 2.90. The van der Waals surface area contributed by atoms with E-state index in [-0.39, 0.29) is 6.54 Å². The molecule has 85 valence electrons. The molecule has 0 bridgehead atoms. The van der Waals surface area contributed by atoms with Gasteiger partial charge in [-0.15, -0.1) is 0 Å². The first kappa shape index (κ1) is 11.1. The van der Waals surface area contributed by atoms with Crippen LogP contribution in [-0.2, 0) is 11.3 Å². The van der Waals surface area contributed by atoms with E-state index in [0.29, 0.717) is 0 Å². The van der Waals surface area contributed by atoms with Gasteiger partial charge < -0.3 is 0 Å². The molecule has 17 heavy (non-hydrogen) atoms. The molecule has 0 unspecified atom stereocenters. The van der Waals surface area contributed by atoms with Crippen molar-refractivity contribution in [3.05, 3.63) is 54.6 Å². The van der Waals surface area contributed by atoms with Crippen molar-refractivity contribution < 1.29 is 9.59 Å². The summed E-state index contributed by atoms with van der Waals surface area (Å²) in [6, 6.07) is 9.28. The summed E-state index contributed by atoms with van der Waals surface area (Å²) in [5.41, 5.74) is 0.888. The molecule has 0 aliphatic carbocycles. The number of carbonyl (C=O) groups is 2. The van der Waals surface area contributed by atoms with Gasteiger partial charge in [0.2, 0.25) is 0 Å². The Morgan fingerprint density at radius 2 is 2.00 bits per heavy atom. The molecule has 0 N–H and O–H groups in total. The van der Waals surface area contributed by atoms with Gasteiger partial charge in [-0.1, -0.05) is 30.3 Å². The van der Waals surface area contributed by atoms with Gasteiger partial charge >= 0.3 is 11.8 Å². The highest BCUT2D eigenvalue weighted by atomic mass is 16.2. The number of benzene rings is 1. The fraction of sp³-hybridized carbons (Fsp3) is 0.0833. The minimum Gasteiger partial charge on any atom is -0.268 e. The number of aromatic nitrogens is 2. The summed E-state index contributed by atoms with van der Waals surface area (Å²) in [6.07, 6.45) is 4.12. The van der Waals surface area contributed by atoms with E-state index in [4.69, 9.17) is 0 Å². The van der Waals surface area contributed by atoms with Crippen LogP contribution in [0.3, 0.4) is 0 Å². The van der Waals surface area contributed by atoms with E-state index in [2.05, 4.69) is 10.3 Å². The van der Waals surface area contributed by atoms with Gasteiger partial charge in [0.15, 0.2) is 0 Å². The smallest absolute Gasteiger partial charge is 0.268 e. The monoisotopic (exact) mass is 228 g/mol. The van der Waals surface area contributed by atoms with Gasteiger partial charge in [-0.2, -0.15) is 0 Å². The zero-order valence-corrected chi connectivity index (χ0v) is 8.98. The van der Waals surface area contributed by atoms with E-state index in [9.17, 15) is 9.59 Å². The number of imidazole rings is 1. The molecule has 0 saturated carbocycles. The molecule has 0 atom stereocenters. The maximum atomic E-state index is 11.5. The third-order valence-electron chi connectivity index (χ3n) is 2.17. The summed E-state index contributed by atoms with van der Waals surface area (Å²) >= 11 is 0. The Hall–Kier alpha value is -2.43. The molecule has 0 aliphatic rings. The molecule has 2 aromatic rings. The maximum absolute atomic E-state index is 11.5. The van der Waals surface area contributed by atoms with Crippen LogP contribution in [0.4, 0.5) is 0 Å². The molecule has 0 fully saturated rings. The number of amides is 1. The van der Waals surface area contributed by atoms with Crippen molar-refractivity contribution in [3.8, 4) is 0 Å². The molecule has 5 nitrogen and oxygen atoms in total. The van der Waals surface area contributed by atoms with Gasteiger partial charge in [0.25, 0.3) is 0 Å². The van der Waals surface area contributed by atoms with E-state index < -0.39 is 11.8 Å². The molecular formula is C12H10N3O2. The van der Waals surface area contributed by atoms with Crippen LogP contribution in [0.5, 0.6) is 0 Å². The minimum absolute atomic E-state index is 0.208. The second-order valence-electron chi connectivity index (χ2n) is 3.38. The third-order valence-corrected chi connectivity index (χ3v) is 2.17. The van der Waals surface area contributed by atoms with E-state index in [1.54, 1.807) is 0 Å². The predicted molar refractivity (Wildman–Crippen MR) is 60.1 cm³/mol. The third kappa shape index (κ3) is 2.78. The van der Waals surface area contributed by atoms with Crippen LogP contribution in [0.25, 0.3) is 0 Å². The lowest BCUT2D eigenvalue weighted by Gasteiger charge is -2.01. The van der Waals surface area contributed by atoms with Crippen molar-refractivity contribution in [2.75, 3.05) is 0 Å². The quantitative estimate of drug-likeness (QED) is 0.716. The molecule has 0 spiro atoms. The zero-order valence-electron chi connectivity index (χ0n) is 8.98. The molecule has 1 heterocycles. The highest BCUT2D eigenvalue weighted by molar-refractivity contribution is 6.35. The Morgan fingerprint density at radius 1 is 1.24 bits per heavy atom. The van der Waals surface area contributed by atoms with Gasteiger partial charge in [-0.05, 0) is 5.56 Å². The highest BCUT2D eigenvalue weighted by Gasteiger charge is 2.16. The topological polar surface area (TPSA) is 66.1 Å². The summed E-state index contributed by atoms with van der Waals surface area (Å²) in [6.45, 7) is 0.208. The van der Waals surface area contributed by atoms with E-state index in [1.807, 2.05) is 30.3 Å². The second kappa shape index (κ2) is 5.07. The van der Waals surface area contributed by atoms with Gasteiger partial charge in [0, 0.05) is 12.4 Å². The Kier molecular flexibility index (Phi) is 3.30. The number of hydrogen-bond donors (Lipinski definition) is 0. The molecule has 5 heteroatoms. The van der Waals surface area contributed by atoms with Gasteiger partial charge in [0.1, 0.15) is 6.33 Å². The molecule has 1 amide bonds. The van der Waals surface area contributed by atoms with E-state index in [0.717, 1.165) is 10.1 Å². The van der Waals surface area contributed by atoms with Gasteiger partial charge in [-0.25, -0.2) is 10.3 Å². The van der Waals surface area contributed by atoms with Crippen molar-refractivity contribution in [2.45, 2.75) is 6.54 Å². The molecule has 1 aromatic carbocycles. The van der Waals surface area contributed by atoms with Gasteiger partial charge in [0.05, 0.1) is 6.54 Å². The Balaban J connectivity index is 1.92. The van der Waals surface area contributed by atoms with Crippen LogP contribution in [0.2, 0.25) is 0 Å². The summed E-state index contributed by atoms with van der Waals surface area (Å²) in [4.78, 5) is 26.6. The van der Waals surface area contributed by atoms with Crippen LogP contribution in [0, 0.1) is 0 Å². The number of carbonyl (C=O) groups excluding carboxylic acids is 2. The van der Waals surface area contributed by atoms with Crippen molar-refractivity contribution in [2.24, 2.45) is 0 Å². The van der Waals surface area contributed by atoms with Crippen LogP contribution in [0.15, 0.2) is 49.1 Å². The lowest BCUT2D eigenvalue weighted by atomic mass is 10.2. The molecule has 0 saturated heterocycles. The Bertz CT molecular complexity index is 506. The highest BCUT2D eigenvalue weighted by Crippen LogP contribution is 1.98. The van der Waals surface area contributed by atoms with Crippen LogP contribution in [0.1, 0.15) is 10.4 Å². The second-order valence-corrected chi connectivity index (χ2v) is 3.38. The van der Waals surface area contributed by atoms with Gasteiger partial charge in [-0.3, -0.25) is 14.2 Å². The van der Waals surface area contributed by atoms with E-state index >= 15 is 0 Å². The Labute approximate surface area is 98.1 Å². The molecule has 1 radical (unpaired) electrons. The number of nitrogens with zero attached hydrogens (tertiary/aromatic N) is 3. The zero-order chi connectivity index (χ0) is 12.1. The minimum atomic E-state index is -0.771. The SMILES string of the molecule is O=C([N]Cc1ccccc1)C(=O)n1ccnc1. The van der Waals surface area contributed by atoms with Crippen molar-refractivity contribution in [3.63, 3.8) is 0 Å². The van der Waals surface area contributed by atoms with Crippen molar-refractivity contribution >= 4 is 11.8 Å². The lowest BCUT2D eigenvalue weighted by molar-refractivity contribution is -0.118. The fourth-order valence-corrected chi connectivity index (χ4v) is 1.30. The van der Waals surface area contributed by atoms with Crippen LogP contribution >= 0.6 is 0 Å². The van der Waals surface area contributed by atoms with Crippen LogP contribution < -0.4 is 5.32 Å². The molecule has 0 aliphatic heterocycles. The number of rotatable bonds is 2. The van der Waals surface area contributed by atoms with Crippen molar-refractivity contribution in [1.29, 1.82) is 0 Å². The first-order valence-corrected chi connectivity index (χ1v) is 5.05. The lowest BCUT2D eigenvalue weighted by Crippen LogP contribution is -2.28. The summed E-state index contributed by atoms with van der Waals surface area (Å²) < 4.78 is 1.11. The van der Waals surface area contributed by atoms with E-state index in [1.165, 1.54) is 18.7 Å². The summed E-state index contributed by atoms with van der Waals surface area (Å²) in [7, 11) is 0. The first-order valence-electron chi connectivity index (χ1n) is 5.05. The van der Waals surface area contributed by atoms with Crippen LogP contribution in [-0.4, -0.2) is 21.4 Å². The first-order chi connectivity index (χ1) is 8.27. The summed E-state index contributed by atoms with van der Waals surface area (Å²) in [5, 5.41) is 3.71. The maximum Gasteiger partial charge on any atom is 0.331 e. The predicted octanol–water partition coefficient (Wildman–Crippen LogP) is 0.855. The molecule has 1 aromatic heterocycles. The normalized spacial score (nSPS) is 9.88. The van der Waals surface area contributed by atoms with Crippen molar-refractivity contribution in [1.82, 2.24) is 14.9 Å².